The van der Waals surface area contributed by atoms with Crippen LogP contribution in [0.4, 0.5) is 9.18 Å². The Bertz CT molecular complexity index is 1220. The van der Waals surface area contributed by atoms with Crippen molar-refractivity contribution < 1.29 is 13.9 Å². The summed E-state index contributed by atoms with van der Waals surface area (Å²) in [5.41, 5.74) is 1.55. The SMILES string of the molecule is Cc1nnc(C2CCCN2C(=O)N[C@H]2CCOc3c(F)ccc(Cl)c32)n1Cc1ccc(Cl)cc1. The predicted molar refractivity (Wildman–Crippen MR) is 127 cm³/mol. The van der Waals surface area contributed by atoms with E-state index in [1.54, 1.807) is 4.90 Å². The molecule has 0 spiro atoms. The summed E-state index contributed by atoms with van der Waals surface area (Å²) in [6.07, 6.45) is 2.14. The van der Waals surface area contributed by atoms with Gasteiger partial charge in [0.1, 0.15) is 5.82 Å². The van der Waals surface area contributed by atoms with Crippen molar-refractivity contribution in [2.75, 3.05) is 13.2 Å². The number of hydrogen-bond donors (Lipinski definition) is 1. The van der Waals surface area contributed by atoms with Gasteiger partial charge in [-0.3, -0.25) is 0 Å². The number of carbonyl (C=O) groups excluding carboxylic acids is 1. The average molecular weight is 504 g/mol. The second-order valence-corrected chi connectivity index (χ2v) is 9.42. The number of aromatic nitrogens is 3. The molecule has 2 aliphatic rings. The van der Waals surface area contributed by atoms with Gasteiger partial charge in [0, 0.05) is 28.6 Å². The van der Waals surface area contributed by atoms with Crippen molar-refractivity contribution in [2.24, 2.45) is 0 Å². The van der Waals surface area contributed by atoms with Crippen molar-refractivity contribution in [1.29, 1.82) is 0 Å². The highest BCUT2D eigenvalue weighted by molar-refractivity contribution is 6.31. The summed E-state index contributed by atoms with van der Waals surface area (Å²) in [5, 5.41) is 12.8. The summed E-state index contributed by atoms with van der Waals surface area (Å²) in [6, 6.07) is 9.52. The molecular weight excluding hydrogens is 480 g/mol. The van der Waals surface area contributed by atoms with Gasteiger partial charge >= 0.3 is 6.03 Å². The highest BCUT2D eigenvalue weighted by atomic mass is 35.5. The molecule has 3 aromatic rings. The fourth-order valence-electron chi connectivity index (χ4n) is 4.71. The number of nitrogens with one attached hydrogen (secondary N) is 1. The molecule has 2 amide bonds. The van der Waals surface area contributed by atoms with Gasteiger partial charge in [-0.25, -0.2) is 9.18 Å². The minimum Gasteiger partial charge on any atom is -0.490 e. The number of ether oxygens (including phenoxy) is 1. The molecule has 3 heterocycles. The Hall–Kier alpha value is -2.84. The first-order chi connectivity index (χ1) is 16.4. The number of urea groups is 1. The van der Waals surface area contributed by atoms with Crippen molar-refractivity contribution >= 4 is 29.2 Å². The van der Waals surface area contributed by atoms with Crippen LogP contribution in [0.15, 0.2) is 36.4 Å². The van der Waals surface area contributed by atoms with Crippen LogP contribution in [-0.2, 0) is 6.54 Å². The van der Waals surface area contributed by atoms with Gasteiger partial charge in [0.15, 0.2) is 17.4 Å². The lowest BCUT2D eigenvalue weighted by Gasteiger charge is -2.31. The Kier molecular flexibility index (Phi) is 6.36. The molecule has 1 saturated heterocycles. The topological polar surface area (TPSA) is 72.3 Å². The number of nitrogens with zero attached hydrogens (tertiary/aromatic N) is 4. The van der Waals surface area contributed by atoms with Gasteiger partial charge in [0.05, 0.1) is 25.2 Å². The van der Waals surface area contributed by atoms with E-state index in [9.17, 15) is 9.18 Å². The second kappa shape index (κ2) is 9.43. The van der Waals surface area contributed by atoms with Crippen molar-refractivity contribution in [2.45, 2.75) is 44.8 Å². The molecule has 2 atom stereocenters. The van der Waals surface area contributed by atoms with Crippen LogP contribution >= 0.6 is 23.2 Å². The Morgan fingerprint density at radius 3 is 2.76 bits per heavy atom. The van der Waals surface area contributed by atoms with E-state index in [1.165, 1.54) is 12.1 Å². The molecule has 1 unspecified atom stereocenters. The van der Waals surface area contributed by atoms with Gasteiger partial charge in [-0.15, -0.1) is 10.2 Å². The van der Waals surface area contributed by atoms with Gasteiger partial charge in [0.25, 0.3) is 0 Å². The third kappa shape index (κ3) is 4.32. The zero-order chi connectivity index (χ0) is 23.8. The largest absolute Gasteiger partial charge is 0.490 e. The summed E-state index contributed by atoms with van der Waals surface area (Å²) >= 11 is 12.4. The molecular formula is C24H24Cl2FN5O2. The smallest absolute Gasteiger partial charge is 0.318 e. The maximum absolute atomic E-state index is 14.3. The lowest BCUT2D eigenvalue weighted by atomic mass is 10.00. The minimum atomic E-state index is -0.483. The molecule has 1 aromatic heterocycles. The van der Waals surface area contributed by atoms with E-state index in [0.717, 1.165) is 30.1 Å². The molecule has 2 aliphatic heterocycles. The van der Waals surface area contributed by atoms with Crippen LogP contribution in [-0.4, -0.2) is 38.8 Å². The van der Waals surface area contributed by atoms with Crippen LogP contribution in [0.2, 0.25) is 10.0 Å². The van der Waals surface area contributed by atoms with E-state index in [4.69, 9.17) is 27.9 Å². The molecule has 0 bridgehead atoms. The van der Waals surface area contributed by atoms with Gasteiger partial charge in [-0.1, -0.05) is 35.3 Å². The van der Waals surface area contributed by atoms with Gasteiger partial charge in [-0.2, -0.15) is 0 Å². The number of fused-ring (bicyclic) bond motifs is 1. The zero-order valence-corrected chi connectivity index (χ0v) is 20.1. The molecule has 34 heavy (non-hydrogen) atoms. The molecule has 1 fully saturated rings. The summed E-state index contributed by atoms with van der Waals surface area (Å²) in [7, 11) is 0. The summed E-state index contributed by atoms with van der Waals surface area (Å²) in [6.45, 7) is 3.38. The molecule has 10 heteroatoms. The number of likely N-dealkylation sites (tertiary alicyclic amines) is 1. The van der Waals surface area contributed by atoms with E-state index >= 15 is 0 Å². The van der Waals surface area contributed by atoms with E-state index in [-0.39, 0.29) is 17.8 Å². The molecule has 7 nitrogen and oxygen atoms in total. The third-order valence-electron chi connectivity index (χ3n) is 6.42. The van der Waals surface area contributed by atoms with Gasteiger partial charge < -0.3 is 19.5 Å². The summed E-state index contributed by atoms with van der Waals surface area (Å²) in [4.78, 5) is 15.2. The number of amides is 2. The number of carbonyl (C=O) groups is 1. The Morgan fingerprint density at radius 2 is 1.97 bits per heavy atom. The number of benzene rings is 2. The van der Waals surface area contributed by atoms with E-state index < -0.39 is 11.9 Å². The van der Waals surface area contributed by atoms with Crippen molar-refractivity contribution in [3.05, 3.63) is 75.0 Å². The molecule has 2 aromatic carbocycles. The first-order valence-electron chi connectivity index (χ1n) is 11.2. The minimum absolute atomic E-state index is 0.111. The molecule has 1 N–H and O–H groups in total. The highest BCUT2D eigenvalue weighted by Crippen LogP contribution is 2.40. The molecule has 0 radical (unpaired) electrons. The van der Waals surface area contributed by atoms with Crippen LogP contribution in [0.3, 0.4) is 0 Å². The fourth-order valence-corrected chi connectivity index (χ4v) is 5.12. The Balaban J connectivity index is 1.37. The first kappa shape index (κ1) is 22.9. The van der Waals surface area contributed by atoms with Gasteiger partial charge in [-0.05, 0) is 49.6 Å². The van der Waals surface area contributed by atoms with Crippen molar-refractivity contribution in [1.82, 2.24) is 25.0 Å². The van der Waals surface area contributed by atoms with E-state index in [1.807, 2.05) is 35.8 Å². The molecule has 0 saturated carbocycles. The maximum atomic E-state index is 14.3. The molecule has 0 aliphatic carbocycles. The first-order valence-corrected chi connectivity index (χ1v) is 12.0. The average Bonchev–Trinajstić information content (AvgIpc) is 3.45. The standard InChI is InChI=1S/C24H24Cl2FN5O2/c1-14-29-30-23(32(14)13-15-4-6-16(25)7-5-15)20-3-2-11-31(20)24(33)28-19-10-12-34-22-18(27)9-8-17(26)21(19)22/h4-9,19-20H,2-3,10-13H2,1H3,(H,28,33)/t19-,20?/m0/s1. The van der Waals surface area contributed by atoms with Crippen LogP contribution < -0.4 is 10.1 Å². The van der Waals surface area contributed by atoms with Gasteiger partial charge in [0.2, 0.25) is 0 Å². The highest BCUT2D eigenvalue weighted by Gasteiger charge is 2.36. The van der Waals surface area contributed by atoms with Crippen LogP contribution in [0.5, 0.6) is 5.75 Å². The predicted octanol–water partition coefficient (Wildman–Crippen LogP) is 5.45. The summed E-state index contributed by atoms with van der Waals surface area (Å²) < 4.78 is 21.8. The number of halogens is 3. The monoisotopic (exact) mass is 503 g/mol. The number of rotatable bonds is 4. The Labute approximate surface area is 206 Å². The van der Waals surface area contributed by atoms with Crippen LogP contribution in [0.25, 0.3) is 0 Å². The van der Waals surface area contributed by atoms with E-state index in [2.05, 4.69) is 15.5 Å². The quantitative estimate of drug-likeness (QED) is 0.513. The molecule has 178 valence electrons. The second-order valence-electron chi connectivity index (χ2n) is 8.58. The van der Waals surface area contributed by atoms with E-state index in [0.29, 0.717) is 41.7 Å². The fraction of sp³-hybridized carbons (Fsp3) is 0.375. The molecule has 5 rings (SSSR count). The third-order valence-corrected chi connectivity index (χ3v) is 7.01. The zero-order valence-electron chi connectivity index (χ0n) is 18.6. The Morgan fingerprint density at radius 1 is 1.18 bits per heavy atom. The van der Waals surface area contributed by atoms with Crippen LogP contribution in [0.1, 0.15) is 54.1 Å². The maximum Gasteiger partial charge on any atom is 0.318 e. The van der Waals surface area contributed by atoms with Crippen molar-refractivity contribution in [3.63, 3.8) is 0 Å². The number of hydrogen-bond acceptors (Lipinski definition) is 4. The lowest BCUT2D eigenvalue weighted by Crippen LogP contribution is -2.43. The van der Waals surface area contributed by atoms with Crippen LogP contribution in [0, 0.1) is 12.7 Å². The number of aryl methyl sites for hydroxylation is 1. The van der Waals surface area contributed by atoms with Crippen molar-refractivity contribution in [3.8, 4) is 5.75 Å². The normalized spacial score (nSPS) is 19.6. The lowest BCUT2D eigenvalue weighted by molar-refractivity contribution is 0.178. The summed E-state index contributed by atoms with van der Waals surface area (Å²) in [5.74, 6) is 1.15.